The quantitative estimate of drug-likeness (QED) is 0.317. The van der Waals surface area contributed by atoms with Gasteiger partial charge in [0.2, 0.25) is 5.91 Å². The summed E-state index contributed by atoms with van der Waals surface area (Å²) in [6, 6.07) is 18.0. The van der Waals surface area contributed by atoms with Crippen LogP contribution in [-0.2, 0) is 17.9 Å². The van der Waals surface area contributed by atoms with Gasteiger partial charge in [-0.05, 0) is 62.6 Å². The molecule has 0 aliphatic carbocycles. The average Bonchev–Trinajstić information content (AvgIpc) is 3.29. The van der Waals surface area contributed by atoms with Crippen LogP contribution in [0.4, 0.5) is 5.69 Å². The van der Waals surface area contributed by atoms with Crippen molar-refractivity contribution in [3.05, 3.63) is 94.0 Å². The van der Waals surface area contributed by atoms with Crippen molar-refractivity contribution in [1.82, 2.24) is 24.5 Å². The van der Waals surface area contributed by atoms with E-state index in [1.807, 2.05) is 61.9 Å². The molecule has 0 saturated carbocycles. The first kappa shape index (κ1) is 23.8. The zero-order valence-electron chi connectivity index (χ0n) is 20.7. The van der Waals surface area contributed by atoms with Gasteiger partial charge in [-0.15, -0.1) is 0 Å². The maximum atomic E-state index is 13.1. The molecule has 0 fully saturated rings. The van der Waals surface area contributed by atoms with Crippen molar-refractivity contribution in [2.45, 2.75) is 40.8 Å². The summed E-state index contributed by atoms with van der Waals surface area (Å²) in [6.45, 7) is 8.48. The number of anilines is 1. The van der Waals surface area contributed by atoms with Crippen molar-refractivity contribution in [3.8, 4) is 11.1 Å². The molecule has 1 N–H and O–H groups in total. The second kappa shape index (κ2) is 9.59. The Kier molecular flexibility index (Phi) is 6.33. The Hall–Kier alpha value is -3.97. The molecule has 2 aromatic carbocycles. The smallest absolute Gasteiger partial charge is 0.246 e. The van der Waals surface area contributed by atoms with Crippen LogP contribution in [0.2, 0.25) is 5.02 Å². The van der Waals surface area contributed by atoms with Crippen LogP contribution in [0.5, 0.6) is 0 Å². The van der Waals surface area contributed by atoms with Crippen LogP contribution < -0.4 is 5.32 Å². The fourth-order valence-corrected chi connectivity index (χ4v) is 4.81. The molecule has 0 aliphatic rings. The second-order valence-corrected chi connectivity index (χ2v) is 9.49. The standard InChI is InChI=1S/C28H27ClN6O/c1-17-7-5-9-22(13-17)24-11-12-30-28-26(24)18(2)32-35(28)16-25(36)31-27-19(3)33-34(20(27)4)15-21-8-6-10-23(29)14-21/h5-14H,15-16H2,1-4H3,(H,31,36). The summed E-state index contributed by atoms with van der Waals surface area (Å²) in [5, 5.41) is 14.0. The van der Waals surface area contributed by atoms with E-state index in [1.54, 1.807) is 10.9 Å². The first-order valence-corrected chi connectivity index (χ1v) is 12.2. The lowest BCUT2D eigenvalue weighted by molar-refractivity contribution is -0.116. The number of halogens is 1. The number of rotatable bonds is 6. The van der Waals surface area contributed by atoms with E-state index in [9.17, 15) is 4.79 Å². The Morgan fingerprint density at radius 3 is 2.50 bits per heavy atom. The molecule has 3 aromatic heterocycles. The summed E-state index contributed by atoms with van der Waals surface area (Å²) in [4.78, 5) is 17.7. The number of aryl methyl sites for hydroxylation is 3. The van der Waals surface area contributed by atoms with E-state index >= 15 is 0 Å². The summed E-state index contributed by atoms with van der Waals surface area (Å²) in [5.74, 6) is -0.185. The van der Waals surface area contributed by atoms with Crippen LogP contribution in [0.3, 0.4) is 0 Å². The van der Waals surface area contributed by atoms with Crippen molar-refractivity contribution in [3.63, 3.8) is 0 Å². The summed E-state index contributed by atoms with van der Waals surface area (Å²) in [6.07, 6.45) is 1.77. The minimum atomic E-state index is -0.185. The molecule has 0 spiro atoms. The van der Waals surface area contributed by atoms with Gasteiger partial charge >= 0.3 is 0 Å². The van der Waals surface area contributed by atoms with E-state index < -0.39 is 0 Å². The highest BCUT2D eigenvalue weighted by Gasteiger charge is 2.18. The first-order valence-electron chi connectivity index (χ1n) is 11.8. The average molecular weight is 499 g/mol. The molecule has 3 heterocycles. The molecule has 0 radical (unpaired) electrons. The van der Waals surface area contributed by atoms with Gasteiger partial charge in [-0.25, -0.2) is 9.67 Å². The third kappa shape index (κ3) is 4.62. The molecule has 0 aliphatic heterocycles. The van der Waals surface area contributed by atoms with Crippen molar-refractivity contribution in [2.24, 2.45) is 0 Å². The third-order valence-electron chi connectivity index (χ3n) is 6.30. The molecule has 1 amide bonds. The molecule has 0 atom stereocenters. The van der Waals surface area contributed by atoms with Gasteiger partial charge < -0.3 is 5.32 Å². The Balaban J connectivity index is 1.39. The highest BCUT2D eigenvalue weighted by atomic mass is 35.5. The topological polar surface area (TPSA) is 77.6 Å². The fraction of sp³-hybridized carbons (Fsp3) is 0.214. The van der Waals surface area contributed by atoms with Gasteiger partial charge in [0.15, 0.2) is 5.65 Å². The van der Waals surface area contributed by atoms with Gasteiger partial charge in [0, 0.05) is 16.6 Å². The minimum Gasteiger partial charge on any atom is -0.321 e. The number of aromatic nitrogens is 5. The number of benzene rings is 2. The molecule has 7 nitrogen and oxygen atoms in total. The molecule has 0 bridgehead atoms. The van der Waals surface area contributed by atoms with E-state index in [1.165, 1.54) is 5.56 Å². The highest BCUT2D eigenvalue weighted by Crippen LogP contribution is 2.30. The molecule has 182 valence electrons. The molecular weight excluding hydrogens is 472 g/mol. The van der Waals surface area contributed by atoms with Crippen molar-refractivity contribution in [2.75, 3.05) is 5.32 Å². The Morgan fingerprint density at radius 2 is 1.72 bits per heavy atom. The Bertz CT molecular complexity index is 1600. The van der Waals surface area contributed by atoms with Gasteiger partial charge in [-0.3, -0.25) is 9.48 Å². The third-order valence-corrected chi connectivity index (χ3v) is 6.53. The Labute approximate surface area is 214 Å². The monoisotopic (exact) mass is 498 g/mol. The predicted molar refractivity (Wildman–Crippen MR) is 143 cm³/mol. The number of fused-ring (bicyclic) bond motifs is 1. The lowest BCUT2D eigenvalue weighted by atomic mass is 10.0. The van der Waals surface area contributed by atoms with Crippen LogP contribution in [-0.4, -0.2) is 30.5 Å². The predicted octanol–water partition coefficient (Wildman–Crippen LogP) is 5.87. The van der Waals surface area contributed by atoms with Gasteiger partial charge in [-0.2, -0.15) is 10.2 Å². The highest BCUT2D eigenvalue weighted by molar-refractivity contribution is 6.30. The number of pyridine rings is 1. The molecule has 5 aromatic rings. The number of nitrogens with zero attached hydrogens (tertiary/aromatic N) is 5. The maximum Gasteiger partial charge on any atom is 0.246 e. The lowest BCUT2D eigenvalue weighted by Gasteiger charge is -2.09. The van der Waals surface area contributed by atoms with Crippen molar-refractivity contribution < 1.29 is 4.79 Å². The summed E-state index contributed by atoms with van der Waals surface area (Å²) >= 11 is 6.13. The van der Waals surface area contributed by atoms with Crippen molar-refractivity contribution >= 4 is 34.2 Å². The molecule has 0 saturated heterocycles. The van der Waals surface area contributed by atoms with E-state index in [0.717, 1.165) is 39.2 Å². The molecule has 36 heavy (non-hydrogen) atoms. The van der Waals surface area contributed by atoms with Crippen LogP contribution in [0, 0.1) is 27.7 Å². The largest absolute Gasteiger partial charge is 0.321 e. The molecule has 0 unspecified atom stereocenters. The summed E-state index contributed by atoms with van der Waals surface area (Å²) in [5.41, 5.74) is 8.25. The Morgan fingerprint density at radius 1 is 0.944 bits per heavy atom. The van der Waals surface area contributed by atoms with E-state index in [-0.39, 0.29) is 12.5 Å². The first-order chi connectivity index (χ1) is 17.3. The number of carbonyl (C=O) groups is 1. The van der Waals surface area contributed by atoms with Crippen LogP contribution in [0.25, 0.3) is 22.2 Å². The summed E-state index contributed by atoms with van der Waals surface area (Å²) in [7, 11) is 0. The SMILES string of the molecule is Cc1cccc(-c2ccnc3c2c(C)nn3CC(=O)Nc2c(C)nn(Cc3cccc(Cl)c3)c2C)c1. The second-order valence-electron chi connectivity index (χ2n) is 9.05. The number of amides is 1. The maximum absolute atomic E-state index is 13.1. The molecular formula is C28H27ClN6O. The molecule has 8 heteroatoms. The van der Waals surface area contributed by atoms with E-state index in [4.69, 9.17) is 11.6 Å². The minimum absolute atomic E-state index is 0.0486. The lowest BCUT2D eigenvalue weighted by Crippen LogP contribution is -2.20. The zero-order chi connectivity index (χ0) is 25.4. The van der Waals surface area contributed by atoms with Crippen LogP contribution in [0.1, 0.15) is 28.2 Å². The summed E-state index contributed by atoms with van der Waals surface area (Å²) < 4.78 is 3.54. The van der Waals surface area contributed by atoms with E-state index in [0.29, 0.717) is 22.9 Å². The number of hydrogen-bond acceptors (Lipinski definition) is 4. The van der Waals surface area contributed by atoms with Gasteiger partial charge in [-0.1, -0.05) is 53.6 Å². The van der Waals surface area contributed by atoms with Gasteiger partial charge in [0.1, 0.15) is 6.54 Å². The molecule has 5 rings (SSSR count). The van der Waals surface area contributed by atoms with Gasteiger partial charge in [0.25, 0.3) is 0 Å². The van der Waals surface area contributed by atoms with E-state index in [2.05, 4.69) is 45.6 Å². The van der Waals surface area contributed by atoms with Crippen LogP contribution in [0.15, 0.2) is 60.8 Å². The number of nitrogens with one attached hydrogen (secondary N) is 1. The van der Waals surface area contributed by atoms with Crippen LogP contribution >= 0.6 is 11.6 Å². The fourth-order valence-electron chi connectivity index (χ4n) is 4.60. The normalized spacial score (nSPS) is 11.2. The zero-order valence-corrected chi connectivity index (χ0v) is 21.5. The number of hydrogen-bond donors (Lipinski definition) is 1. The van der Waals surface area contributed by atoms with Crippen molar-refractivity contribution in [1.29, 1.82) is 0 Å². The number of carbonyl (C=O) groups excluding carboxylic acids is 1. The van der Waals surface area contributed by atoms with Gasteiger partial charge in [0.05, 0.1) is 29.3 Å².